The number of hydrogen-bond acceptors (Lipinski definition) is 4. The number of benzene rings is 2. The van der Waals surface area contributed by atoms with Gasteiger partial charge in [0.15, 0.2) is 6.61 Å². The number of alkyl halides is 2. The van der Waals surface area contributed by atoms with Crippen LogP contribution >= 0.6 is 0 Å². The summed E-state index contributed by atoms with van der Waals surface area (Å²) in [4.78, 5) is 22.9. The van der Waals surface area contributed by atoms with Crippen molar-refractivity contribution in [2.24, 2.45) is 0 Å². The lowest BCUT2D eigenvalue weighted by Crippen LogP contribution is -2.28. The van der Waals surface area contributed by atoms with E-state index in [1.165, 1.54) is 6.07 Å². The summed E-state index contributed by atoms with van der Waals surface area (Å²) in [6, 6.07) is 13.4. The fourth-order valence-corrected chi connectivity index (χ4v) is 2.33. The van der Waals surface area contributed by atoms with Gasteiger partial charge in [0.25, 0.3) is 5.91 Å². The molecule has 2 aromatic carbocycles. The molecule has 0 aliphatic rings. The van der Waals surface area contributed by atoms with Gasteiger partial charge < -0.3 is 19.6 Å². The monoisotopic (exact) mass is 377 g/mol. The van der Waals surface area contributed by atoms with E-state index in [2.05, 4.69) is 10.1 Å². The largest absolute Gasteiger partial charge is 0.484 e. The molecule has 0 fully saturated rings. The predicted molar refractivity (Wildman–Crippen MR) is 95.9 cm³/mol. The number of Topliss-reactive ketones (excluding diaryl/α,β-unsaturated/α-hetero) is 1. The minimum absolute atomic E-state index is 0.0230. The predicted octanol–water partition coefficient (Wildman–Crippen LogP) is 3.50. The zero-order valence-corrected chi connectivity index (χ0v) is 14.9. The number of ether oxygens (including phenoxy) is 2. The summed E-state index contributed by atoms with van der Waals surface area (Å²) in [5.74, 6) is 0.294. The Morgan fingerprint density at radius 2 is 1.78 bits per heavy atom. The average molecular weight is 377 g/mol. The molecule has 1 amide bonds. The van der Waals surface area contributed by atoms with E-state index < -0.39 is 6.61 Å². The van der Waals surface area contributed by atoms with Crippen molar-refractivity contribution < 1.29 is 27.8 Å². The van der Waals surface area contributed by atoms with Crippen LogP contribution in [0.3, 0.4) is 0 Å². The third-order valence-electron chi connectivity index (χ3n) is 3.72. The highest BCUT2D eigenvalue weighted by atomic mass is 19.3. The highest BCUT2D eigenvalue weighted by Crippen LogP contribution is 2.20. The van der Waals surface area contributed by atoms with E-state index in [-0.39, 0.29) is 30.6 Å². The van der Waals surface area contributed by atoms with Crippen LogP contribution in [0, 0.1) is 0 Å². The second kappa shape index (κ2) is 10.3. The van der Waals surface area contributed by atoms with E-state index in [0.717, 1.165) is 5.56 Å². The summed E-state index contributed by atoms with van der Waals surface area (Å²) in [7, 11) is 0. The smallest absolute Gasteiger partial charge is 0.387 e. The molecule has 1 N–H and O–H groups in total. The lowest BCUT2D eigenvalue weighted by Gasteiger charge is -2.12. The second-order valence-electron chi connectivity index (χ2n) is 5.90. The Morgan fingerprint density at radius 1 is 1.07 bits per heavy atom. The van der Waals surface area contributed by atoms with Gasteiger partial charge in [-0.05, 0) is 37.1 Å². The van der Waals surface area contributed by atoms with Gasteiger partial charge in [0, 0.05) is 18.5 Å². The Balaban J connectivity index is 1.79. The minimum atomic E-state index is -2.93. The Labute approximate surface area is 156 Å². The van der Waals surface area contributed by atoms with Crippen molar-refractivity contribution >= 4 is 11.7 Å². The molecule has 2 aromatic rings. The van der Waals surface area contributed by atoms with Crippen LogP contribution in [0.1, 0.15) is 24.5 Å². The molecular formula is C20H21F2NO4. The Hall–Kier alpha value is -2.96. The topological polar surface area (TPSA) is 64.6 Å². The minimum Gasteiger partial charge on any atom is -0.484 e. The first-order valence-electron chi connectivity index (χ1n) is 8.44. The molecule has 144 valence electrons. The molecule has 7 heteroatoms. The number of para-hydroxylation sites is 1. The summed E-state index contributed by atoms with van der Waals surface area (Å²) in [6.07, 6.45) is 1.15. The number of hydrogen-bond donors (Lipinski definition) is 1. The van der Waals surface area contributed by atoms with Crippen molar-refractivity contribution in [2.45, 2.75) is 32.9 Å². The van der Waals surface area contributed by atoms with Crippen molar-refractivity contribution in [3.8, 4) is 11.5 Å². The molecule has 0 saturated carbocycles. The number of aryl methyl sites for hydroxylation is 1. The van der Waals surface area contributed by atoms with E-state index >= 15 is 0 Å². The summed E-state index contributed by atoms with van der Waals surface area (Å²) < 4.78 is 34.6. The SMILES string of the molecule is CC(=O)CCc1ccc(OCC(=O)NCc2ccccc2OC(F)F)cc1. The quantitative estimate of drug-likeness (QED) is 0.688. The maximum absolute atomic E-state index is 12.4. The third kappa shape index (κ3) is 7.43. The fraction of sp³-hybridized carbons (Fsp3) is 0.300. The highest BCUT2D eigenvalue weighted by Gasteiger charge is 2.10. The van der Waals surface area contributed by atoms with Gasteiger partial charge in [0.05, 0.1) is 0 Å². The van der Waals surface area contributed by atoms with E-state index in [9.17, 15) is 18.4 Å². The number of amides is 1. The van der Waals surface area contributed by atoms with Crippen molar-refractivity contribution in [2.75, 3.05) is 6.61 Å². The summed E-state index contributed by atoms with van der Waals surface area (Å²) in [5.41, 5.74) is 1.46. The van der Waals surface area contributed by atoms with Gasteiger partial charge >= 0.3 is 6.61 Å². The zero-order chi connectivity index (χ0) is 19.6. The second-order valence-corrected chi connectivity index (χ2v) is 5.90. The van der Waals surface area contributed by atoms with Crippen molar-refractivity contribution in [1.82, 2.24) is 5.32 Å². The summed E-state index contributed by atoms with van der Waals surface area (Å²) in [5, 5.41) is 2.60. The van der Waals surface area contributed by atoms with Gasteiger partial charge in [0.2, 0.25) is 0 Å². The molecule has 0 spiro atoms. The summed E-state index contributed by atoms with van der Waals surface area (Å²) in [6.45, 7) is -1.53. The normalized spacial score (nSPS) is 10.5. The molecular weight excluding hydrogens is 356 g/mol. The molecule has 0 heterocycles. The van der Waals surface area contributed by atoms with Crippen LogP contribution in [-0.4, -0.2) is 24.9 Å². The number of halogens is 2. The van der Waals surface area contributed by atoms with Gasteiger partial charge in [-0.1, -0.05) is 30.3 Å². The van der Waals surface area contributed by atoms with Crippen molar-refractivity contribution in [3.05, 3.63) is 59.7 Å². The maximum atomic E-state index is 12.4. The molecule has 0 radical (unpaired) electrons. The standard InChI is InChI=1S/C20H21F2NO4/c1-14(24)6-7-15-8-10-17(11-9-15)26-13-19(25)23-12-16-4-2-3-5-18(16)27-20(21)22/h2-5,8-11,20H,6-7,12-13H2,1H3,(H,23,25). The molecule has 27 heavy (non-hydrogen) atoms. The molecule has 0 unspecified atom stereocenters. The lowest BCUT2D eigenvalue weighted by molar-refractivity contribution is -0.123. The number of carbonyl (C=O) groups excluding carboxylic acids is 2. The first-order valence-corrected chi connectivity index (χ1v) is 8.44. The van der Waals surface area contributed by atoms with Gasteiger partial charge in [0.1, 0.15) is 17.3 Å². The van der Waals surface area contributed by atoms with E-state index in [4.69, 9.17) is 4.74 Å². The van der Waals surface area contributed by atoms with E-state index in [0.29, 0.717) is 24.2 Å². The molecule has 0 aliphatic carbocycles. The first kappa shape index (κ1) is 20.4. The Morgan fingerprint density at radius 3 is 2.44 bits per heavy atom. The molecule has 5 nitrogen and oxygen atoms in total. The molecule has 0 saturated heterocycles. The van der Waals surface area contributed by atoms with Gasteiger partial charge in [-0.25, -0.2) is 0 Å². The van der Waals surface area contributed by atoms with Gasteiger partial charge in [-0.15, -0.1) is 0 Å². The number of carbonyl (C=O) groups is 2. The lowest BCUT2D eigenvalue weighted by atomic mass is 10.1. The van der Waals surface area contributed by atoms with Crippen LogP contribution in [0.5, 0.6) is 11.5 Å². The fourth-order valence-electron chi connectivity index (χ4n) is 2.33. The molecule has 0 bridgehead atoms. The summed E-state index contributed by atoms with van der Waals surface area (Å²) >= 11 is 0. The number of rotatable bonds is 10. The van der Waals surface area contributed by atoms with Crippen LogP contribution in [-0.2, 0) is 22.6 Å². The average Bonchev–Trinajstić information content (AvgIpc) is 2.64. The van der Waals surface area contributed by atoms with Crippen LogP contribution in [0.25, 0.3) is 0 Å². The molecule has 0 aliphatic heterocycles. The van der Waals surface area contributed by atoms with Gasteiger partial charge in [-0.2, -0.15) is 8.78 Å². The van der Waals surface area contributed by atoms with Crippen LogP contribution in [0.15, 0.2) is 48.5 Å². The van der Waals surface area contributed by atoms with Crippen LogP contribution in [0.4, 0.5) is 8.78 Å². The Kier molecular flexibility index (Phi) is 7.73. The van der Waals surface area contributed by atoms with Crippen LogP contribution in [0.2, 0.25) is 0 Å². The van der Waals surface area contributed by atoms with Crippen molar-refractivity contribution in [3.63, 3.8) is 0 Å². The number of nitrogens with one attached hydrogen (secondary N) is 1. The Bertz CT molecular complexity index is 763. The molecule has 2 rings (SSSR count). The maximum Gasteiger partial charge on any atom is 0.387 e. The number of ketones is 1. The van der Waals surface area contributed by atoms with E-state index in [1.54, 1.807) is 37.3 Å². The molecule has 0 atom stereocenters. The van der Waals surface area contributed by atoms with Crippen LogP contribution < -0.4 is 14.8 Å². The van der Waals surface area contributed by atoms with Crippen molar-refractivity contribution in [1.29, 1.82) is 0 Å². The van der Waals surface area contributed by atoms with E-state index in [1.807, 2.05) is 12.1 Å². The highest BCUT2D eigenvalue weighted by molar-refractivity contribution is 5.77. The van der Waals surface area contributed by atoms with Gasteiger partial charge in [-0.3, -0.25) is 4.79 Å². The third-order valence-corrected chi connectivity index (χ3v) is 3.72. The molecule has 0 aromatic heterocycles. The zero-order valence-electron chi connectivity index (χ0n) is 14.9. The first-order chi connectivity index (χ1) is 12.9.